The lowest BCUT2D eigenvalue weighted by atomic mass is 10.2. The van der Waals surface area contributed by atoms with Crippen LogP contribution < -0.4 is 11.1 Å². The smallest absolute Gasteiger partial charge is 0.243 e. The Hall–Kier alpha value is -1.66. The molecule has 114 valence electrons. The molecule has 0 spiro atoms. The van der Waals surface area contributed by atoms with Crippen molar-refractivity contribution in [3.8, 4) is 0 Å². The maximum atomic E-state index is 12.3. The summed E-state index contributed by atoms with van der Waals surface area (Å²) in [7, 11) is 1.96. The lowest BCUT2D eigenvalue weighted by molar-refractivity contribution is -0.120. The summed E-state index contributed by atoms with van der Waals surface area (Å²) in [5.74, 6) is 0.487. The second-order valence-corrected chi connectivity index (χ2v) is 6.78. The quantitative estimate of drug-likeness (QED) is 0.833. The summed E-state index contributed by atoms with van der Waals surface area (Å²) in [6.45, 7) is 7.06. The van der Waals surface area contributed by atoms with Crippen molar-refractivity contribution < 1.29 is 4.79 Å². The summed E-state index contributed by atoms with van der Waals surface area (Å²) in [4.78, 5) is 18.7. The summed E-state index contributed by atoms with van der Waals surface area (Å²) in [5, 5.41) is 3.51. The van der Waals surface area contributed by atoms with Crippen LogP contribution in [0.5, 0.6) is 0 Å². The van der Waals surface area contributed by atoms with Gasteiger partial charge in [0.05, 0.1) is 16.3 Å². The van der Waals surface area contributed by atoms with Gasteiger partial charge in [-0.1, -0.05) is 25.2 Å². The number of rotatable bonds is 5. The van der Waals surface area contributed by atoms with Crippen LogP contribution in [-0.2, 0) is 4.79 Å². The molecule has 21 heavy (non-hydrogen) atoms. The van der Waals surface area contributed by atoms with Gasteiger partial charge in [0, 0.05) is 12.2 Å². The number of aromatic nitrogens is 1. The molecule has 0 radical (unpaired) electrons. The van der Waals surface area contributed by atoms with Crippen molar-refractivity contribution in [2.45, 2.75) is 26.8 Å². The fraction of sp³-hybridized carbons (Fsp3) is 0.467. The van der Waals surface area contributed by atoms with Gasteiger partial charge in [-0.05, 0) is 38.1 Å². The minimum absolute atomic E-state index is 0.0369. The summed E-state index contributed by atoms with van der Waals surface area (Å²) in [5.41, 5.74) is 7.31. The fourth-order valence-corrected chi connectivity index (χ4v) is 3.06. The normalized spacial score (nSPS) is 13.0. The minimum Gasteiger partial charge on any atom is -0.399 e. The van der Waals surface area contributed by atoms with Crippen LogP contribution in [0.4, 0.5) is 10.8 Å². The number of carbonyl (C=O) groups excluding carboxylic acids is 1. The minimum atomic E-state index is -0.190. The first-order valence-corrected chi connectivity index (χ1v) is 7.85. The number of nitrogens with zero attached hydrogens (tertiary/aromatic N) is 2. The molecule has 3 N–H and O–H groups in total. The Balaban J connectivity index is 2.07. The predicted octanol–water partition coefficient (Wildman–Crippen LogP) is 2.79. The number of hydrogen-bond acceptors (Lipinski definition) is 5. The number of anilines is 2. The molecule has 5 nitrogen and oxygen atoms in total. The van der Waals surface area contributed by atoms with Crippen LogP contribution in [0.3, 0.4) is 0 Å². The van der Waals surface area contributed by atoms with Crippen LogP contribution in [0.2, 0.25) is 0 Å². The highest BCUT2D eigenvalue weighted by atomic mass is 32.1. The topological polar surface area (TPSA) is 71.2 Å². The second-order valence-electron chi connectivity index (χ2n) is 5.74. The maximum Gasteiger partial charge on any atom is 0.243 e. The number of fused-ring (bicyclic) bond motifs is 1. The molecule has 1 atom stereocenters. The molecule has 1 heterocycles. The molecule has 0 aliphatic carbocycles. The number of carbonyl (C=O) groups is 1. The highest BCUT2D eigenvalue weighted by Gasteiger charge is 2.19. The van der Waals surface area contributed by atoms with Gasteiger partial charge < -0.3 is 11.1 Å². The van der Waals surface area contributed by atoms with Crippen molar-refractivity contribution in [1.29, 1.82) is 0 Å². The van der Waals surface area contributed by atoms with E-state index in [0.717, 1.165) is 16.8 Å². The van der Waals surface area contributed by atoms with Gasteiger partial charge >= 0.3 is 0 Å². The Bertz CT molecular complexity index is 638. The zero-order chi connectivity index (χ0) is 15.6. The van der Waals surface area contributed by atoms with E-state index >= 15 is 0 Å². The molecule has 0 aliphatic heterocycles. The molecule has 0 bridgehead atoms. The van der Waals surface area contributed by atoms with Crippen LogP contribution in [0.15, 0.2) is 18.2 Å². The van der Waals surface area contributed by atoms with Crippen molar-refractivity contribution in [3.05, 3.63) is 18.2 Å². The molecule has 0 saturated carbocycles. The number of nitrogen functional groups attached to an aromatic ring is 1. The zero-order valence-corrected chi connectivity index (χ0v) is 13.7. The van der Waals surface area contributed by atoms with Crippen molar-refractivity contribution in [3.63, 3.8) is 0 Å². The van der Waals surface area contributed by atoms with Crippen LogP contribution in [0.25, 0.3) is 10.2 Å². The Labute approximate surface area is 129 Å². The Kier molecular flexibility index (Phi) is 4.80. The molecule has 2 aromatic rings. The lowest BCUT2D eigenvalue weighted by Gasteiger charge is -2.24. The fourth-order valence-electron chi connectivity index (χ4n) is 2.14. The van der Waals surface area contributed by atoms with Crippen molar-refractivity contribution in [2.24, 2.45) is 5.92 Å². The third-order valence-electron chi connectivity index (χ3n) is 3.34. The van der Waals surface area contributed by atoms with Gasteiger partial charge in [-0.3, -0.25) is 9.69 Å². The zero-order valence-electron chi connectivity index (χ0n) is 12.9. The van der Waals surface area contributed by atoms with Crippen LogP contribution >= 0.6 is 11.3 Å². The van der Waals surface area contributed by atoms with E-state index in [-0.39, 0.29) is 11.9 Å². The number of nitrogens with one attached hydrogen (secondary N) is 1. The number of amides is 1. The highest BCUT2D eigenvalue weighted by Crippen LogP contribution is 2.27. The number of hydrogen-bond donors (Lipinski definition) is 2. The third-order valence-corrected chi connectivity index (χ3v) is 4.27. The Morgan fingerprint density at radius 2 is 2.14 bits per heavy atom. The van der Waals surface area contributed by atoms with Crippen LogP contribution in [0, 0.1) is 5.92 Å². The van der Waals surface area contributed by atoms with Crippen molar-refractivity contribution in [2.75, 3.05) is 24.6 Å². The number of thiazole rings is 1. The maximum absolute atomic E-state index is 12.3. The van der Waals surface area contributed by atoms with Gasteiger partial charge in [-0.2, -0.15) is 0 Å². The average Bonchev–Trinajstić information content (AvgIpc) is 2.78. The predicted molar refractivity (Wildman–Crippen MR) is 89.6 cm³/mol. The van der Waals surface area contributed by atoms with E-state index in [0.29, 0.717) is 16.7 Å². The molecule has 1 unspecified atom stereocenters. The summed E-state index contributed by atoms with van der Waals surface area (Å²) >= 11 is 1.44. The highest BCUT2D eigenvalue weighted by molar-refractivity contribution is 7.22. The molecule has 0 aliphatic rings. The Morgan fingerprint density at radius 3 is 2.81 bits per heavy atom. The van der Waals surface area contributed by atoms with Crippen molar-refractivity contribution >= 4 is 38.3 Å². The molecular weight excluding hydrogens is 284 g/mol. The van der Waals surface area contributed by atoms with E-state index in [1.807, 2.05) is 37.1 Å². The average molecular weight is 306 g/mol. The van der Waals surface area contributed by atoms with E-state index in [4.69, 9.17) is 5.73 Å². The molecule has 6 heteroatoms. The summed E-state index contributed by atoms with van der Waals surface area (Å²) < 4.78 is 0.980. The number of likely N-dealkylation sites (N-methyl/N-ethyl adjacent to an activating group) is 1. The molecule has 2 rings (SSSR count). The van der Waals surface area contributed by atoms with Crippen LogP contribution in [0.1, 0.15) is 20.8 Å². The van der Waals surface area contributed by atoms with Gasteiger partial charge in [0.15, 0.2) is 5.13 Å². The van der Waals surface area contributed by atoms with Gasteiger partial charge in [0.2, 0.25) is 5.91 Å². The third kappa shape index (κ3) is 3.92. The molecule has 0 fully saturated rings. The summed E-state index contributed by atoms with van der Waals surface area (Å²) in [6.07, 6.45) is 0. The molecular formula is C15H22N4OS. The second kappa shape index (κ2) is 6.41. The monoisotopic (exact) mass is 306 g/mol. The molecule has 1 amide bonds. The number of benzene rings is 1. The van der Waals surface area contributed by atoms with E-state index < -0.39 is 0 Å². The first-order valence-electron chi connectivity index (χ1n) is 7.04. The van der Waals surface area contributed by atoms with Gasteiger partial charge in [-0.15, -0.1) is 0 Å². The standard InChI is InChI=1S/C15H22N4OS/c1-9(2)8-19(4)10(3)14(20)18-15-17-12-6-5-11(16)7-13(12)21-15/h5-7,9-10H,8,16H2,1-4H3,(H,17,18,20). The van der Waals surface area contributed by atoms with Crippen molar-refractivity contribution in [1.82, 2.24) is 9.88 Å². The molecule has 1 aromatic carbocycles. The van der Waals surface area contributed by atoms with E-state index in [1.165, 1.54) is 11.3 Å². The van der Waals surface area contributed by atoms with Crippen LogP contribution in [-0.4, -0.2) is 35.4 Å². The van der Waals surface area contributed by atoms with Gasteiger partial charge in [0.1, 0.15) is 0 Å². The van der Waals surface area contributed by atoms with Gasteiger partial charge in [0.25, 0.3) is 0 Å². The largest absolute Gasteiger partial charge is 0.399 e. The SMILES string of the molecule is CC(C)CN(C)C(C)C(=O)Nc1nc2ccc(N)cc2s1. The first kappa shape index (κ1) is 15.7. The van der Waals surface area contributed by atoms with Gasteiger partial charge in [-0.25, -0.2) is 4.98 Å². The van der Waals surface area contributed by atoms with E-state index in [2.05, 4.69) is 24.1 Å². The number of nitrogens with two attached hydrogens (primary N) is 1. The van der Waals surface area contributed by atoms with E-state index in [1.54, 1.807) is 0 Å². The molecule has 0 saturated heterocycles. The van der Waals surface area contributed by atoms with E-state index in [9.17, 15) is 4.79 Å². The Morgan fingerprint density at radius 1 is 1.43 bits per heavy atom. The first-order chi connectivity index (χ1) is 9.86. The lowest BCUT2D eigenvalue weighted by Crippen LogP contribution is -2.41. The molecule has 1 aromatic heterocycles. The summed E-state index contributed by atoms with van der Waals surface area (Å²) in [6, 6.07) is 5.36.